The van der Waals surface area contributed by atoms with Crippen LogP contribution in [0.5, 0.6) is 0 Å². The Bertz CT molecular complexity index is 167. The molecule has 5 nitrogen and oxygen atoms in total. The third kappa shape index (κ3) is 0.676. The van der Waals surface area contributed by atoms with Gasteiger partial charge in [0.15, 0.2) is 18.5 Å². The number of hydrogen-bond acceptors (Lipinski definition) is 5. The molecule has 0 amide bonds. The van der Waals surface area contributed by atoms with E-state index in [1.54, 1.807) is 0 Å². The van der Waals surface area contributed by atoms with E-state index < -0.39 is 24.7 Å². The van der Waals surface area contributed by atoms with Crippen LogP contribution in [0.3, 0.4) is 0 Å². The lowest BCUT2D eigenvalue weighted by Gasteiger charge is -2.05. The molecule has 2 saturated heterocycles. The number of ether oxygens (including phenoxy) is 3. The molecule has 2 heterocycles. The fraction of sp³-hybridized carbons (Fsp3) is 0.800. The van der Waals surface area contributed by atoms with Gasteiger partial charge in [0.25, 0.3) is 0 Å². The van der Waals surface area contributed by atoms with Gasteiger partial charge in [-0.1, -0.05) is 0 Å². The van der Waals surface area contributed by atoms with Crippen LogP contribution in [-0.4, -0.2) is 36.4 Å². The zero-order valence-electron chi connectivity index (χ0n) is 5.02. The molecule has 0 saturated carbocycles. The predicted molar refractivity (Wildman–Crippen MR) is 27.1 cm³/mol. The van der Waals surface area contributed by atoms with Crippen molar-refractivity contribution in [2.45, 2.75) is 18.5 Å². The quantitative estimate of drug-likeness (QED) is 0.455. The molecule has 0 aromatic carbocycles. The number of fused-ring (bicyclic) bond motifs is 1. The Kier molecular flexibility index (Phi) is 1.09. The normalized spacial score (nSPS) is 44.5. The molecule has 1 N–H and O–H groups in total. The monoisotopic (exact) mass is 146 g/mol. The number of carbonyl (C=O) groups excluding carboxylic acids is 1. The maximum Gasteiger partial charge on any atom is 0.509 e. The van der Waals surface area contributed by atoms with Gasteiger partial charge in [-0.3, -0.25) is 0 Å². The molecule has 0 aromatic rings. The van der Waals surface area contributed by atoms with E-state index in [0.29, 0.717) is 0 Å². The molecule has 2 aliphatic heterocycles. The van der Waals surface area contributed by atoms with E-state index >= 15 is 0 Å². The lowest BCUT2D eigenvalue weighted by Crippen LogP contribution is -2.26. The summed E-state index contributed by atoms with van der Waals surface area (Å²) in [7, 11) is 0. The standard InChI is InChI=1S/C5H6O5/c6-4-3-2(1-8-4)9-5(7)10-3/h2-4,6H,1H2/t2-,3-,4?/m1/s1. The average Bonchev–Trinajstić information content (AvgIpc) is 2.35. The van der Waals surface area contributed by atoms with Gasteiger partial charge in [0.05, 0.1) is 6.61 Å². The summed E-state index contributed by atoms with van der Waals surface area (Å²) in [4.78, 5) is 10.4. The number of rotatable bonds is 0. The van der Waals surface area contributed by atoms with Crippen LogP contribution >= 0.6 is 0 Å². The molecule has 0 spiro atoms. The van der Waals surface area contributed by atoms with Crippen LogP contribution in [0.4, 0.5) is 4.79 Å². The number of aliphatic hydroxyl groups excluding tert-OH is 1. The minimum atomic E-state index is -1.02. The molecule has 3 atom stereocenters. The largest absolute Gasteiger partial charge is 0.509 e. The van der Waals surface area contributed by atoms with E-state index in [4.69, 9.17) is 9.84 Å². The van der Waals surface area contributed by atoms with Gasteiger partial charge in [-0.15, -0.1) is 0 Å². The molecular weight excluding hydrogens is 140 g/mol. The summed E-state index contributed by atoms with van der Waals surface area (Å²) in [6.07, 6.45) is -2.77. The highest BCUT2D eigenvalue weighted by Crippen LogP contribution is 2.24. The maximum atomic E-state index is 10.4. The summed E-state index contributed by atoms with van der Waals surface area (Å²) in [5, 5.41) is 8.94. The van der Waals surface area contributed by atoms with E-state index in [9.17, 15) is 4.79 Å². The summed E-state index contributed by atoms with van der Waals surface area (Å²) in [6.45, 7) is 0.220. The highest BCUT2D eigenvalue weighted by molar-refractivity contribution is 5.62. The molecule has 0 bridgehead atoms. The molecule has 0 aromatic heterocycles. The molecule has 56 valence electrons. The van der Waals surface area contributed by atoms with E-state index in [1.165, 1.54) is 0 Å². The van der Waals surface area contributed by atoms with Crippen molar-refractivity contribution < 1.29 is 24.1 Å². The summed E-state index contributed by atoms with van der Waals surface area (Å²) in [5.74, 6) is 0. The first kappa shape index (κ1) is 5.94. The molecule has 1 unspecified atom stereocenters. The van der Waals surface area contributed by atoms with E-state index in [2.05, 4.69) is 9.47 Å². The Morgan fingerprint density at radius 2 is 2.30 bits per heavy atom. The minimum Gasteiger partial charge on any atom is -0.424 e. The minimum absolute atomic E-state index is 0.220. The van der Waals surface area contributed by atoms with Gasteiger partial charge < -0.3 is 19.3 Å². The van der Waals surface area contributed by atoms with Crippen LogP contribution in [0.25, 0.3) is 0 Å². The van der Waals surface area contributed by atoms with Gasteiger partial charge in [0, 0.05) is 0 Å². The highest BCUT2D eigenvalue weighted by Gasteiger charge is 2.47. The Balaban J connectivity index is 2.12. The smallest absolute Gasteiger partial charge is 0.424 e. The molecule has 2 fully saturated rings. The number of aliphatic hydroxyl groups is 1. The highest BCUT2D eigenvalue weighted by atomic mass is 16.8. The fourth-order valence-corrected chi connectivity index (χ4v) is 1.06. The van der Waals surface area contributed by atoms with Crippen LogP contribution in [0, 0.1) is 0 Å². The molecule has 10 heavy (non-hydrogen) atoms. The van der Waals surface area contributed by atoms with Crippen molar-refractivity contribution in [1.29, 1.82) is 0 Å². The molecule has 0 radical (unpaired) electrons. The van der Waals surface area contributed by atoms with Crippen molar-refractivity contribution in [3.8, 4) is 0 Å². The Labute approximate surface area is 56.5 Å². The Morgan fingerprint density at radius 3 is 3.00 bits per heavy atom. The van der Waals surface area contributed by atoms with Crippen molar-refractivity contribution >= 4 is 6.16 Å². The first-order chi connectivity index (χ1) is 4.77. The van der Waals surface area contributed by atoms with Crippen LogP contribution in [-0.2, 0) is 14.2 Å². The zero-order valence-corrected chi connectivity index (χ0v) is 5.02. The molecule has 2 aliphatic rings. The number of carbonyl (C=O) groups is 1. The van der Waals surface area contributed by atoms with Crippen molar-refractivity contribution in [1.82, 2.24) is 0 Å². The summed E-state index contributed by atoms with van der Waals surface area (Å²) in [5.41, 5.74) is 0. The third-order valence-electron chi connectivity index (χ3n) is 1.56. The van der Waals surface area contributed by atoms with Crippen LogP contribution < -0.4 is 0 Å². The van der Waals surface area contributed by atoms with E-state index in [0.717, 1.165) is 0 Å². The Morgan fingerprint density at radius 1 is 1.50 bits per heavy atom. The van der Waals surface area contributed by atoms with Crippen molar-refractivity contribution in [2.24, 2.45) is 0 Å². The van der Waals surface area contributed by atoms with Gasteiger partial charge in [0.1, 0.15) is 0 Å². The predicted octanol–water partition coefficient (Wildman–Crippen LogP) is -0.761. The SMILES string of the molecule is O=C1O[C@@H]2COC(O)[C@@H]2O1. The topological polar surface area (TPSA) is 65.0 Å². The zero-order chi connectivity index (χ0) is 7.14. The van der Waals surface area contributed by atoms with Gasteiger partial charge >= 0.3 is 6.16 Å². The Hall–Kier alpha value is -0.810. The first-order valence-corrected chi connectivity index (χ1v) is 2.94. The lowest BCUT2D eigenvalue weighted by atomic mass is 10.2. The molecule has 0 aliphatic carbocycles. The van der Waals surface area contributed by atoms with Gasteiger partial charge in [-0.05, 0) is 0 Å². The van der Waals surface area contributed by atoms with Crippen molar-refractivity contribution in [3.05, 3.63) is 0 Å². The molecular formula is C5H6O5. The average molecular weight is 146 g/mol. The van der Waals surface area contributed by atoms with Crippen molar-refractivity contribution in [3.63, 3.8) is 0 Å². The first-order valence-electron chi connectivity index (χ1n) is 2.94. The molecule has 5 heteroatoms. The summed E-state index contributed by atoms with van der Waals surface area (Å²) in [6, 6.07) is 0. The van der Waals surface area contributed by atoms with Crippen molar-refractivity contribution in [2.75, 3.05) is 6.61 Å². The van der Waals surface area contributed by atoms with Gasteiger partial charge in [-0.2, -0.15) is 0 Å². The summed E-state index contributed by atoms with van der Waals surface area (Å²) >= 11 is 0. The third-order valence-corrected chi connectivity index (χ3v) is 1.56. The fourth-order valence-electron chi connectivity index (χ4n) is 1.06. The second-order valence-electron chi connectivity index (χ2n) is 2.21. The van der Waals surface area contributed by atoms with Crippen LogP contribution in [0.15, 0.2) is 0 Å². The second kappa shape index (κ2) is 1.83. The lowest BCUT2D eigenvalue weighted by molar-refractivity contribution is -0.108. The summed E-state index contributed by atoms with van der Waals surface area (Å²) < 4.78 is 13.9. The van der Waals surface area contributed by atoms with Crippen LogP contribution in [0.2, 0.25) is 0 Å². The van der Waals surface area contributed by atoms with Crippen LogP contribution in [0.1, 0.15) is 0 Å². The maximum absolute atomic E-state index is 10.4. The second-order valence-corrected chi connectivity index (χ2v) is 2.21. The van der Waals surface area contributed by atoms with E-state index in [1.807, 2.05) is 0 Å². The van der Waals surface area contributed by atoms with E-state index in [-0.39, 0.29) is 6.61 Å². The van der Waals surface area contributed by atoms with Gasteiger partial charge in [-0.25, -0.2) is 4.79 Å². The molecule has 2 rings (SSSR count). The van der Waals surface area contributed by atoms with Gasteiger partial charge in [0.2, 0.25) is 0 Å². The number of hydrogen-bond donors (Lipinski definition) is 1.